The number of nitrogens with zero attached hydrogens (tertiary/aromatic N) is 4. The van der Waals surface area contributed by atoms with E-state index in [1.165, 1.54) is 12.8 Å². The van der Waals surface area contributed by atoms with Crippen molar-refractivity contribution in [1.29, 1.82) is 0 Å². The molecule has 1 aliphatic heterocycles. The van der Waals surface area contributed by atoms with Gasteiger partial charge >= 0.3 is 0 Å². The lowest BCUT2D eigenvalue weighted by Gasteiger charge is -2.27. The maximum atomic E-state index is 4.43. The van der Waals surface area contributed by atoms with Crippen LogP contribution in [0.4, 0.5) is 5.82 Å². The molecule has 0 aromatic carbocycles. The lowest BCUT2D eigenvalue weighted by molar-refractivity contribution is 0.371. The Balaban J connectivity index is 1.91. The molecular formula is C16H29N5. The van der Waals surface area contributed by atoms with E-state index >= 15 is 0 Å². The van der Waals surface area contributed by atoms with Crippen molar-refractivity contribution in [3.63, 3.8) is 0 Å². The van der Waals surface area contributed by atoms with Crippen molar-refractivity contribution in [2.24, 2.45) is 5.92 Å². The Bertz CT molecular complexity index is 415. The molecule has 0 saturated carbocycles. The number of rotatable bonds is 7. The predicted molar refractivity (Wildman–Crippen MR) is 87.5 cm³/mol. The van der Waals surface area contributed by atoms with Crippen molar-refractivity contribution in [2.75, 3.05) is 38.6 Å². The fourth-order valence-corrected chi connectivity index (χ4v) is 2.84. The summed E-state index contributed by atoms with van der Waals surface area (Å²) in [7, 11) is 4.26. The summed E-state index contributed by atoms with van der Waals surface area (Å²) in [4.78, 5) is 4.65. The first-order chi connectivity index (χ1) is 10.1. The molecule has 1 saturated heterocycles. The average Bonchev–Trinajstić information content (AvgIpc) is 2.86. The van der Waals surface area contributed by atoms with Crippen LogP contribution < -0.4 is 10.2 Å². The van der Waals surface area contributed by atoms with E-state index in [1.807, 2.05) is 0 Å². The van der Waals surface area contributed by atoms with Crippen LogP contribution in [0.25, 0.3) is 0 Å². The highest BCUT2D eigenvalue weighted by Crippen LogP contribution is 2.23. The molecule has 1 aliphatic rings. The summed E-state index contributed by atoms with van der Waals surface area (Å²) in [6.45, 7) is 8.41. The van der Waals surface area contributed by atoms with Gasteiger partial charge in [0.15, 0.2) is 5.82 Å². The third-order valence-electron chi connectivity index (χ3n) is 3.81. The summed E-state index contributed by atoms with van der Waals surface area (Å²) < 4.78 is 0. The average molecular weight is 291 g/mol. The zero-order chi connectivity index (χ0) is 15.2. The van der Waals surface area contributed by atoms with Crippen LogP contribution in [-0.2, 0) is 6.54 Å². The largest absolute Gasteiger partial charge is 0.351 e. The fraction of sp³-hybridized carbons (Fsp3) is 0.750. The Hall–Kier alpha value is -1.20. The molecular weight excluding hydrogens is 262 g/mol. The highest BCUT2D eigenvalue weighted by atomic mass is 15.3. The molecule has 5 nitrogen and oxygen atoms in total. The van der Waals surface area contributed by atoms with Gasteiger partial charge in [-0.3, -0.25) is 0 Å². The Kier molecular flexibility index (Phi) is 5.94. The van der Waals surface area contributed by atoms with Gasteiger partial charge in [-0.2, -0.15) is 5.10 Å². The van der Waals surface area contributed by atoms with Gasteiger partial charge in [0.2, 0.25) is 0 Å². The first-order valence-electron chi connectivity index (χ1n) is 8.01. The van der Waals surface area contributed by atoms with Gasteiger partial charge in [0.25, 0.3) is 0 Å². The van der Waals surface area contributed by atoms with Gasteiger partial charge in [0.05, 0.1) is 5.69 Å². The standard InChI is InChI=1S/C16H29N5/c1-13(2)10-17-11-14-7-8-16(19-18-14)21-9-5-6-15(21)12-20(3)4/h7-8,13,15,17H,5-6,9-12H2,1-4H3. The molecule has 2 heterocycles. The Labute approximate surface area is 128 Å². The highest BCUT2D eigenvalue weighted by molar-refractivity contribution is 5.40. The molecule has 2 rings (SSSR count). The van der Waals surface area contributed by atoms with Gasteiger partial charge in [-0.05, 0) is 51.5 Å². The minimum absolute atomic E-state index is 0.569. The van der Waals surface area contributed by atoms with Gasteiger partial charge in [0.1, 0.15) is 0 Å². The lowest BCUT2D eigenvalue weighted by Crippen LogP contribution is -2.38. The monoisotopic (exact) mass is 291 g/mol. The molecule has 0 radical (unpaired) electrons. The zero-order valence-electron chi connectivity index (χ0n) is 13.8. The van der Waals surface area contributed by atoms with Crippen LogP contribution in [0.1, 0.15) is 32.4 Å². The van der Waals surface area contributed by atoms with Crippen molar-refractivity contribution in [3.8, 4) is 0 Å². The molecule has 1 unspecified atom stereocenters. The molecule has 1 aromatic heterocycles. The van der Waals surface area contributed by atoms with Gasteiger partial charge in [-0.25, -0.2) is 0 Å². The van der Waals surface area contributed by atoms with E-state index in [0.29, 0.717) is 12.0 Å². The SMILES string of the molecule is CC(C)CNCc1ccc(N2CCCC2CN(C)C)nn1. The number of likely N-dealkylation sites (N-methyl/N-ethyl adjacent to an activating group) is 1. The second-order valence-electron chi connectivity index (χ2n) is 6.66. The van der Waals surface area contributed by atoms with Gasteiger partial charge in [-0.15, -0.1) is 5.10 Å². The van der Waals surface area contributed by atoms with Crippen molar-refractivity contribution >= 4 is 5.82 Å². The van der Waals surface area contributed by atoms with Gasteiger partial charge in [0, 0.05) is 25.7 Å². The van der Waals surface area contributed by atoms with E-state index < -0.39 is 0 Å². The molecule has 0 aliphatic carbocycles. The summed E-state index contributed by atoms with van der Waals surface area (Å²) in [6, 6.07) is 4.79. The zero-order valence-corrected chi connectivity index (χ0v) is 13.8. The van der Waals surface area contributed by atoms with E-state index in [4.69, 9.17) is 0 Å². The summed E-state index contributed by atoms with van der Waals surface area (Å²) >= 11 is 0. The maximum absolute atomic E-state index is 4.43. The minimum atomic E-state index is 0.569. The van der Waals surface area contributed by atoms with Crippen LogP contribution in [0.15, 0.2) is 12.1 Å². The van der Waals surface area contributed by atoms with Crippen LogP contribution in [0, 0.1) is 5.92 Å². The molecule has 0 bridgehead atoms. The molecule has 1 fully saturated rings. The van der Waals surface area contributed by atoms with Crippen molar-refractivity contribution in [2.45, 2.75) is 39.3 Å². The first kappa shape index (κ1) is 16.2. The molecule has 5 heteroatoms. The lowest BCUT2D eigenvalue weighted by atomic mass is 10.2. The second kappa shape index (κ2) is 7.71. The molecule has 21 heavy (non-hydrogen) atoms. The molecule has 0 amide bonds. The van der Waals surface area contributed by atoms with Crippen LogP contribution in [0.3, 0.4) is 0 Å². The topological polar surface area (TPSA) is 44.3 Å². The number of nitrogens with one attached hydrogen (secondary N) is 1. The van der Waals surface area contributed by atoms with Gasteiger partial charge < -0.3 is 15.1 Å². The number of aromatic nitrogens is 2. The Morgan fingerprint density at radius 3 is 2.76 bits per heavy atom. The number of anilines is 1. The van der Waals surface area contributed by atoms with Gasteiger partial charge in [-0.1, -0.05) is 13.8 Å². The van der Waals surface area contributed by atoms with E-state index in [-0.39, 0.29) is 0 Å². The van der Waals surface area contributed by atoms with Crippen LogP contribution in [-0.4, -0.2) is 54.9 Å². The predicted octanol–water partition coefficient (Wildman–Crippen LogP) is 1.75. The quantitative estimate of drug-likeness (QED) is 0.829. The van der Waals surface area contributed by atoms with E-state index in [2.05, 4.69) is 65.4 Å². The van der Waals surface area contributed by atoms with Crippen molar-refractivity contribution in [1.82, 2.24) is 20.4 Å². The van der Waals surface area contributed by atoms with E-state index in [9.17, 15) is 0 Å². The van der Waals surface area contributed by atoms with E-state index in [1.54, 1.807) is 0 Å². The number of hydrogen-bond donors (Lipinski definition) is 1. The van der Waals surface area contributed by atoms with Crippen LogP contribution in [0.2, 0.25) is 0 Å². The maximum Gasteiger partial charge on any atom is 0.151 e. The van der Waals surface area contributed by atoms with Crippen LogP contribution >= 0.6 is 0 Å². The Morgan fingerprint density at radius 1 is 1.33 bits per heavy atom. The molecule has 0 spiro atoms. The number of hydrogen-bond acceptors (Lipinski definition) is 5. The summed E-state index contributed by atoms with van der Waals surface area (Å²) in [6.07, 6.45) is 2.50. The minimum Gasteiger partial charge on any atom is -0.351 e. The summed E-state index contributed by atoms with van der Waals surface area (Å²) in [5.41, 5.74) is 1.02. The molecule has 1 aromatic rings. The Morgan fingerprint density at radius 2 is 2.14 bits per heavy atom. The fourth-order valence-electron chi connectivity index (χ4n) is 2.84. The molecule has 118 valence electrons. The summed E-state index contributed by atoms with van der Waals surface area (Å²) in [5, 5.41) is 12.2. The third-order valence-corrected chi connectivity index (χ3v) is 3.81. The summed E-state index contributed by atoms with van der Waals surface area (Å²) in [5.74, 6) is 1.68. The van der Waals surface area contributed by atoms with Crippen LogP contribution in [0.5, 0.6) is 0 Å². The highest BCUT2D eigenvalue weighted by Gasteiger charge is 2.26. The molecule has 1 N–H and O–H groups in total. The third kappa shape index (κ3) is 4.93. The van der Waals surface area contributed by atoms with E-state index in [0.717, 1.165) is 37.7 Å². The smallest absolute Gasteiger partial charge is 0.151 e. The van der Waals surface area contributed by atoms with Crippen molar-refractivity contribution in [3.05, 3.63) is 17.8 Å². The molecule has 1 atom stereocenters. The first-order valence-corrected chi connectivity index (χ1v) is 8.01. The van der Waals surface area contributed by atoms with Crippen molar-refractivity contribution < 1.29 is 0 Å². The normalized spacial score (nSPS) is 19.0. The second-order valence-corrected chi connectivity index (χ2v) is 6.66.